The maximum Gasteiger partial charge on any atom is 0.143 e. The van der Waals surface area contributed by atoms with Crippen molar-refractivity contribution in [3.63, 3.8) is 0 Å². The predicted molar refractivity (Wildman–Crippen MR) is 58.8 cm³/mol. The first-order valence-electron chi connectivity index (χ1n) is 4.97. The maximum absolute atomic E-state index is 13.2. The van der Waals surface area contributed by atoms with Gasteiger partial charge in [-0.3, -0.25) is 9.55 Å². The van der Waals surface area contributed by atoms with Gasteiger partial charge in [-0.15, -0.1) is 0 Å². The van der Waals surface area contributed by atoms with Crippen LogP contribution in [0.5, 0.6) is 0 Å². The van der Waals surface area contributed by atoms with Crippen LogP contribution in [0.2, 0.25) is 0 Å². The van der Waals surface area contributed by atoms with Crippen LogP contribution in [0.15, 0.2) is 43.0 Å². The van der Waals surface area contributed by atoms with E-state index in [0.717, 1.165) is 6.20 Å². The van der Waals surface area contributed by atoms with E-state index in [1.54, 1.807) is 10.6 Å². The molecule has 3 rings (SSSR count). The second-order valence-corrected chi connectivity index (χ2v) is 3.61. The second-order valence-electron chi connectivity index (χ2n) is 3.61. The number of imidazole rings is 1. The number of halogens is 2. The highest BCUT2D eigenvalue weighted by Crippen LogP contribution is 2.18. The molecule has 5 heteroatoms. The highest BCUT2D eigenvalue weighted by atomic mass is 19.1. The standard InChI is InChI=1S/C12H7F2N3/c13-8-1-2-11-12(4-8)17(7-16-11)10-3-9(14)5-15-6-10/h1-7H. The summed E-state index contributed by atoms with van der Waals surface area (Å²) in [5.41, 5.74) is 1.74. The topological polar surface area (TPSA) is 30.7 Å². The molecule has 1 aromatic carbocycles. The highest BCUT2D eigenvalue weighted by Gasteiger charge is 2.06. The molecule has 0 spiro atoms. The summed E-state index contributed by atoms with van der Waals surface area (Å²) in [7, 11) is 0. The fraction of sp³-hybridized carbons (Fsp3) is 0. The van der Waals surface area contributed by atoms with Gasteiger partial charge in [-0.05, 0) is 12.1 Å². The molecule has 84 valence electrons. The summed E-state index contributed by atoms with van der Waals surface area (Å²) in [6.07, 6.45) is 4.12. The van der Waals surface area contributed by atoms with E-state index in [1.165, 1.54) is 30.7 Å². The zero-order valence-electron chi connectivity index (χ0n) is 8.64. The van der Waals surface area contributed by atoms with E-state index in [1.807, 2.05) is 0 Å². The number of pyridine rings is 1. The Bertz CT molecular complexity index is 691. The lowest BCUT2D eigenvalue weighted by molar-refractivity contribution is 0.620. The first kappa shape index (κ1) is 9.89. The van der Waals surface area contributed by atoms with Gasteiger partial charge < -0.3 is 0 Å². The number of benzene rings is 1. The number of rotatable bonds is 1. The molecule has 0 aliphatic carbocycles. The lowest BCUT2D eigenvalue weighted by Gasteiger charge is -2.03. The van der Waals surface area contributed by atoms with Crippen LogP contribution in [0.1, 0.15) is 0 Å². The quantitative estimate of drug-likeness (QED) is 0.644. The monoisotopic (exact) mass is 231 g/mol. The maximum atomic E-state index is 13.2. The summed E-state index contributed by atoms with van der Waals surface area (Å²) in [6, 6.07) is 5.59. The Labute approximate surface area is 95.4 Å². The summed E-state index contributed by atoms with van der Waals surface area (Å²) in [4.78, 5) is 7.86. The van der Waals surface area contributed by atoms with Crippen molar-refractivity contribution >= 4 is 11.0 Å². The third-order valence-electron chi connectivity index (χ3n) is 2.48. The van der Waals surface area contributed by atoms with Crippen molar-refractivity contribution < 1.29 is 8.78 Å². The highest BCUT2D eigenvalue weighted by molar-refractivity contribution is 5.77. The molecule has 0 fully saturated rings. The average Bonchev–Trinajstić information content (AvgIpc) is 2.71. The fourth-order valence-corrected chi connectivity index (χ4v) is 1.72. The number of hydrogen-bond acceptors (Lipinski definition) is 2. The van der Waals surface area contributed by atoms with Gasteiger partial charge in [0.05, 0.1) is 29.1 Å². The van der Waals surface area contributed by atoms with Crippen molar-refractivity contribution in [2.24, 2.45) is 0 Å². The fourth-order valence-electron chi connectivity index (χ4n) is 1.72. The van der Waals surface area contributed by atoms with Crippen molar-refractivity contribution in [1.29, 1.82) is 0 Å². The Hall–Kier alpha value is -2.30. The first-order valence-corrected chi connectivity index (χ1v) is 4.97. The van der Waals surface area contributed by atoms with Crippen LogP contribution < -0.4 is 0 Å². The van der Waals surface area contributed by atoms with Crippen LogP contribution in [0.4, 0.5) is 8.78 Å². The lowest BCUT2D eigenvalue weighted by Crippen LogP contribution is -1.94. The van der Waals surface area contributed by atoms with Crippen molar-refractivity contribution in [3.05, 3.63) is 54.6 Å². The molecule has 0 unspecified atom stereocenters. The van der Waals surface area contributed by atoms with E-state index >= 15 is 0 Å². The van der Waals surface area contributed by atoms with E-state index in [4.69, 9.17) is 0 Å². The molecule has 0 amide bonds. The molecule has 0 saturated carbocycles. The van der Waals surface area contributed by atoms with Gasteiger partial charge in [-0.25, -0.2) is 13.8 Å². The summed E-state index contributed by atoms with van der Waals surface area (Å²) < 4.78 is 27.8. The van der Waals surface area contributed by atoms with Gasteiger partial charge in [0, 0.05) is 12.1 Å². The van der Waals surface area contributed by atoms with Crippen LogP contribution in [0.3, 0.4) is 0 Å². The van der Waals surface area contributed by atoms with E-state index in [2.05, 4.69) is 9.97 Å². The largest absolute Gasteiger partial charge is 0.297 e. The Morgan fingerprint density at radius 3 is 2.71 bits per heavy atom. The first-order chi connectivity index (χ1) is 8.24. The number of aromatic nitrogens is 3. The molecular weight excluding hydrogens is 224 g/mol. The Morgan fingerprint density at radius 1 is 1.00 bits per heavy atom. The van der Waals surface area contributed by atoms with E-state index in [0.29, 0.717) is 16.7 Å². The minimum Gasteiger partial charge on any atom is -0.297 e. The number of nitrogens with zero attached hydrogens (tertiary/aromatic N) is 3. The number of fused-ring (bicyclic) bond motifs is 1. The summed E-state index contributed by atoms with van der Waals surface area (Å²) >= 11 is 0. The zero-order chi connectivity index (χ0) is 11.8. The third-order valence-corrected chi connectivity index (χ3v) is 2.48. The molecular formula is C12H7F2N3. The van der Waals surface area contributed by atoms with Gasteiger partial charge in [-0.1, -0.05) is 0 Å². The van der Waals surface area contributed by atoms with E-state index in [-0.39, 0.29) is 5.82 Å². The van der Waals surface area contributed by atoms with Crippen LogP contribution in [-0.4, -0.2) is 14.5 Å². The molecule has 0 saturated heterocycles. The van der Waals surface area contributed by atoms with Crippen LogP contribution >= 0.6 is 0 Å². The molecule has 0 aliphatic rings. The molecule has 0 radical (unpaired) electrons. The van der Waals surface area contributed by atoms with Crippen LogP contribution in [0, 0.1) is 11.6 Å². The van der Waals surface area contributed by atoms with Gasteiger partial charge in [0.15, 0.2) is 0 Å². The van der Waals surface area contributed by atoms with Gasteiger partial charge in [0.1, 0.15) is 18.0 Å². The number of hydrogen-bond donors (Lipinski definition) is 0. The van der Waals surface area contributed by atoms with Gasteiger partial charge in [-0.2, -0.15) is 0 Å². The van der Waals surface area contributed by atoms with Crippen molar-refractivity contribution in [2.75, 3.05) is 0 Å². The molecule has 0 atom stereocenters. The summed E-state index contributed by atoms with van der Waals surface area (Å²) in [6.45, 7) is 0. The SMILES string of the molecule is Fc1cncc(-n2cnc3ccc(F)cc32)c1. The van der Waals surface area contributed by atoms with Crippen molar-refractivity contribution in [3.8, 4) is 5.69 Å². The van der Waals surface area contributed by atoms with Gasteiger partial charge in [0.2, 0.25) is 0 Å². The molecule has 2 aromatic heterocycles. The lowest BCUT2D eigenvalue weighted by atomic mass is 10.3. The molecule has 2 heterocycles. The smallest absolute Gasteiger partial charge is 0.143 e. The van der Waals surface area contributed by atoms with E-state index in [9.17, 15) is 8.78 Å². The van der Waals surface area contributed by atoms with Gasteiger partial charge >= 0.3 is 0 Å². The molecule has 3 nitrogen and oxygen atoms in total. The van der Waals surface area contributed by atoms with Crippen molar-refractivity contribution in [2.45, 2.75) is 0 Å². The summed E-state index contributed by atoms with van der Waals surface area (Å²) in [5, 5.41) is 0. The predicted octanol–water partition coefficient (Wildman–Crippen LogP) is 2.70. The Kier molecular flexibility index (Phi) is 2.11. The molecule has 0 N–H and O–H groups in total. The average molecular weight is 231 g/mol. The normalized spacial score (nSPS) is 10.9. The van der Waals surface area contributed by atoms with Crippen LogP contribution in [-0.2, 0) is 0 Å². The van der Waals surface area contributed by atoms with Crippen molar-refractivity contribution in [1.82, 2.24) is 14.5 Å². The van der Waals surface area contributed by atoms with E-state index < -0.39 is 5.82 Å². The molecule has 17 heavy (non-hydrogen) atoms. The Balaban J connectivity index is 2.27. The molecule has 0 aliphatic heterocycles. The summed E-state index contributed by atoms with van der Waals surface area (Å²) in [5.74, 6) is -0.802. The van der Waals surface area contributed by atoms with Gasteiger partial charge in [0.25, 0.3) is 0 Å². The van der Waals surface area contributed by atoms with Crippen LogP contribution in [0.25, 0.3) is 16.7 Å². The zero-order valence-corrected chi connectivity index (χ0v) is 8.64. The minimum absolute atomic E-state index is 0.358. The minimum atomic E-state index is -0.444. The third kappa shape index (κ3) is 1.65. The molecule has 0 bridgehead atoms. The Morgan fingerprint density at radius 2 is 1.88 bits per heavy atom. The second kappa shape index (κ2) is 3.62. The molecule has 3 aromatic rings.